The van der Waals surface area contributed by atoms with Gasteiger partial charge in [-0.2, -0.15) is 13.9 Å². The molecule has 1 aliphatic carbocycles. The van der Waals surface area contributed by atoms with Crippen LogP contribution in [-0.2, 0) is 23.7 Å². The lowest BCUT2D eigenvalue weighted by molar-refractivity contribution is -0.118. The zero-order valence-corrected chi connectivity index (χ0v) is 9.72. The van der Waals surface area contributed by atoms with Crippen LogP contribution in [0.1, 0.15) is 43.1 Å². The van der Waals surface area contributed by atoms with Crippen LogP contribution in [0.25, 0.3) is 0 Å². The van der Waals surface area contributed by atoms with Gasteiger partial charge in [-0.1, -0.05) is 0 Å². The molecule has 0 radical (unpaired) electrons. The van der Waals surface area contributed by atoms with Crippen LogP contribution in [0, 0.1) is 0 Å². The minimum Gasteiger partial charge on any atom is -0.298 e. The third-order valence-corrected chi connectivity index (χ3v) is 2.92. The Kier molecular flexibility index (Phi) is 3.16. The molecule has 0 amide bonds. The minimum absolute atomic E-state index is 0.0949. The van der Waals surface area contributed by atoms with Crippen molar-refractivity contribution < 1.29 is 22.4 Å². The van der Waals surface area contributed by atoms with Crippen LogP contribution in [-0.4, -0.2) is 15.6 Å². The Morgan fingerprint density at radius 3 is 2.72 bits per heavy atom. The predicted molar refractivity (Wildman–Crippen MR) is 54.7 cm³/mol. The van der Waals surface area contributed by atoms with Crippen molar-refractivity contribution in [3.05, 3.63) is 17.0 Å². The molecule has 1 heterocycles. The van der Waals surface area contributed by atoms with Crippen LogP contribution in [0.15, 0.2) is 0 Å². The van der Waals surface area contributed by atoms with Crippen LogP contribution in [0.2, 0.25) is 0 Å². The fourth-order valence-electron chi connectivity index (χ4n) is 2.28. The minimum atomic E-state index is -3.19. The highest BCUT2D eigenvalue weighted by atomic mass is 19.3. The molecule has 0 spiro atoms. The zero-order valence-electron chi connectivity index (χ0n) is 9.72. The highest BCUT2D eigenvalue weighted by Crippen LogP contribution is 2.42. The second-order valence-electron chi connectivity index (χ2n) is 4.43. The van der Waals surface area contributed by atoms with Crippen LogP contribution in [0.3, 0.4) is 0 Å². The number of hydrogen-bond acceptors (Lipinski definition) is 2. The van der Waals surface area contributed by atoms with Gasteiger partial charge >= 0.3 is 0 Å². The molecule has 7 heteroatoms. The number of fused-ring (bicyclic) bond motifs is 1. The summed E-state index contributed by atoms with van der Waals surface area (Å²) >= 11 is 0. The lowest BCUT2D eigenvalue weighted by Crippen LogP contribution is -2.26. The maximum atomic E-state index is 13.8. The van der Waals surface area contributed by atoms with Crippen molar-refractivity contribution in [1.29, 1.82) is 0 Å². The number of rotatable bonds is 3. The Morgan fingerprint density at radius 1 is 1.50 bits per heavy atom. The molecule has 1 aliphatic rings. The van der Waals surface area contributed by atoms with E-state index >= 15 is 0 Å². The van der Waals surface area contributed by atoms with E-state index in [1.165, 1.54) is 6.92 Å². The second kappa shape index (κ2) is 4.37. The lowest BCUT2D eigenvalue weighted by Gasteiger charge is -2.23. The predicted octanol–water partition coefficient (Wildman–Crippen LogP) is 2.84. The van der Waals surface area contributed by atoms with Gasteiger partial charge in [0.2, 0.25) is 0 Å². The second-order valence-corrected chi connectivity index (χ2v) is 4.43. The molecule has 0 atom stereocenters. The number of Topliss-reactive ketones (excluding diaryl/α,β-unsaturated/α-hetero) is 1. The standard InChI is InChI=1S/C11H12F4N2O/c1-6(18)5-17-9-7(8(16-17)10(12)13)3-2-4-11(9,14)15/h10H,2-5H2,1H3. The number of carbonyl (C=O) groups excluding carboxylic acids is 1. The first-order valence-corrected chi connectivity index (χ1v) is 5.58. The fraction of sp³-hybridized carbons (Fsp3) is 0.636. The van der Waals surface area contributed by atoms with Crippen molar-refractivity contribution in [3.8, 4) is 0 Å². The maximum absolute atomic E-state index is 13.8. The van der Waals surface area contributed by atoms with Crippen molar-refractivity contribution in [3.63, 3.8) is 0 Å². The summed E-state index contributed by atoms with van der Waals surface area (Å²) in [5.74, 6) is -3.59. The van der Waals surface area contributed by atoms with Gasteiger partial charge in [0.25, 0.3) is 12.3 Å². The van der Waals surface area contributed by atoms with E-state index < -0.39 is 42.5 Å². The summed E-state index contributed by atoms with van der Waals surface area (Å²) in [6, 6.07) is 0. The molecule has 1 aromatic heterocycles. The Bertz CT molecular complexity index is 482. The monoisotopic (exact) mass is 264 g/mol. The molecular formula is C11H12F4N2O. The Labute approximate surface area is 101 Å². The molecule has 0 fully saturated rings. The largest absolute Gasteiger partial charge is 0.298 e. The molecule has 2 rings (SSSR count). The van der Waals surface area contributed by atoms with Gasteiger partial charge in [0, 0.05) is 12.0 Å². The highest BCUT2D eigenvalue weighted by molar-refractivity contribution is 5.75. The first-order valence-electron chi connectivity index (χ1n) is 5.58. The molecule has 0 bridgehead atoms. The number of aromatic nitrogens is 2. The Balaban J connectivity index is 2.57. The summed E-state index contributed by atoms with van der Waals surface area (Å²) in [6.07, 6.45) is -3.00. The van der Waals surface area contributed by atoms with Crippen molar-refractivity contribution in [2.45, 2.75) is 45.1 Å². The van der Waals surface area contributed by atoms with E-state index in [4.69, 9.17) is 0 Å². The summed E-state index contributed by atoms with van der Waals surface area (Å²) in [7, 11) is 0. The van der Waals surface area contributed by atoms with Crippen molar-refractivity contribution >= 4 is 5.78 Å². The van der Waals surface area contributed by atoms with Crippen LogP contribution < -0.4 is 0 Å². The molecule has 0 saturated heterocycles. The van der Waals surface area contributed by atoms with Crippen LogP contribution in [0.5, 0.6) is 0 Å². The summed E-state index contributed by atoms with van der Waals surface area (Å²) in [4.78, 5) is 11.0. The molecule has 0 unspecified atom stereocenters. The average Bonchev–Trinajstić information content (AvgIpc) is 2.56. The lowest BCUT2D eigenvalue weighted by atomic mass is 9.92. The molecule has 18 heavy (non-hydrogen) atoms. The molecule has 0 aliphatic heterocycles. The SMILES string of the molecule is CC(=O)Cn1nc(C(F)F)c2c1C(F)(F)CCC2. The summed E-state index contributed by atoms with van der Waals surface area (Å²) in [5, 5.41) is 3.49. The van der Waals surface area contributed by atoms with E-state index in [1.807, 2.05) is 0 Å². The van der Waals surface area contributed by atoms with Gasteiger partial charge in [0.1, 0.15) is 11.4 Å². The smallest absolute Gasteiger partial charge is 0.289 e. The summed E-state index contributed by atoms with van der Waals surface area (Å²) < 4.78 is 53.8. The van der Waals surface area contributed by atoms with Gasteiger partial charge in [-0.05, 0) is 19.8 Å². The van der Waals surface area contributed by atoms with Gasteiger partial charge in [-0.3, -0.25) is 9.48 Å². The highest BCUT2D eigenvalue weighted by Gasteiger charge is 2.43. The molecule has 0 saturated carbocycles. The third-order valence-electron chi connectivity index (χ3n) is 2.92. The Morgan fingerprint density at radius 2 is 2.17 bits per heavy atom. The molecule has 100 valence electrons. The fourth-order valence-corrected chi connectivity index (χ4v) is 2.28. The van der Waals surface area contributed by atoms with Crippen LogP contribution >= 0.6 is 0 Å². The van der Waals surface area contributed by atoms with E-state index in [0.29, 0.717) is 0 Å². The normalized spacial score (nSPS) is 17.9. The van der Waals surface area contributed by atoms with Gasteiger partial charge in [0.15, 0.2) is 5.78 Å². The maximum Gasteiger partial charge on any atom is 0.289 e. The van der Waals surface area contributed by atoms with Gasteiger partial charge in [-0.25, -0.2) is 8.78 Å². The molecule has 0 aromatic carbocycles. The van der Waals surface area contributed by atoms with Gasteiger partial charge < -0.3 is 0 Å². The molecule has 1 aromatic rings. The number of carbonyl (C=O) groups is 1. The van der Waals surface area contributed by atoms with E-state index in [1.54, 1.807) is 0 Å². The molecular weight excluding hydrogens is 252 g/mol. The van der Waals surface area contributed by atoms with Crippen LogP contribution in [0.4, 0.5) is 17.6 Å². The third kappa shape index (κ3) is 2.13. The van der Waals surface area contributed by atoms with E-state index in [0.717, 1.165) is 4.68 Å². The molecule has 0 N–H and O–H groups in total. The Hall–Kier alpha value is -1.40. The average molecular weight is 264 g/mol. The first-order chi connectivity index (χ1) is 8.33. The van der Waals surface area contributed by atoms with E-state index in [2.05, 4.69) is 5.10 Å². The van der Waals surface area contributed by atoms with E-state index in [-0.39, 0.29) is 18.4 Å². The van der Waals surface area contributed by atoms with Gasteiger partial charge in [-0.15, -0.1) is 0 Å². The number of ketones is 1. The first kappa shape index (κ1) is 13.0. The summed E-state index contributed by atoms with van der Waals surface area (Å²) in [5.41, 5.74) is -1.23. The number of nitrogens with zero attached hydrogens (tertiary/aromatic N) is 2. The van der Waals surface area contributed by atoms with Crippen molar-refractivity contribution in [2.75, 3.05) is 0 Å². The number of alkyl halides is 4. The van der Waals surface area contributed by atoms with E-state index in [9.17, 15) is 22.4 Å². The zero-order chi connectivity index (χ0) is 13.5. The van der Waals surface area contributed by atoms with Crippen molar-refractivity contribution in [2.24, 2.45) is 0 Å². The quantitative estimate of drug-likeness (QED) is 0.787. The molecule has 3 nitrogen and oxygen atoms in total. The topological polar surface area (TPSA) is 34.9 Å². The van der Waals surface area contributed by atoms with Gasteiger partial charge in [0.05, 0.1) is 6.54 Å². The summed E-state index contributed by atoms with van der Waals surface area (Å²) in [6.45, 7) is 0.807. The van der Waals surface area contributed by atoms with Crippen molar-refractivity contribution in [1.82, 2.24) is 9.78 Å². The number of hydrogen-bond donors (Lipinski definition) is 0. The number of halogens is 4.